The zero-order valence-corrected chi connectivity index (χ0v) is 12.0. The van der Waals surface area contributed by atoms with Gasteiger partial charge < -0.3 is 20.3 Å². The van der Waals surface area contributed by atoms with E-state index >= 15 is 0 Å². The van der Waals surface area contributed by atoms with Crippen molar-refractivity contribution in [2.24, 2.45) is 5.92 Å². The van der Waals surface area contributed by atoms with Crippen LogP contribution in [0.4, 0.5) is 4.79 Å². The van der Waals surface area contributed by atoms with Crippen LogP contribution in [0.3, 0.4) is 0 Å². The van der Waals surface area contributed by atoms with E-state index in [1.165, 1.54) is 0 Å². The number of carbonyl (C=O) groups is 2. The normalized spacial score (nSPS) is 15.4. The van der Waals surface area contributed by atoms with Crippen molar-refractivity contribution in [3.05, 3.63) is 18.7 Å². The molecule has 2 rings (SSSR count). The molecule has 0 aromatic carbocycles. The van der Waals surface area contributed by atoms with E-state index in [4.69, 9.17) is 5.11 Å². The van der Waals surface area contributed by atoms with Gasteiger partial charge in [0.05, 0.1) is 12.7 Å². The van der Waals surface area contributed by atoms with Gasteiger partial charge in [-0.25, -0.2) is 9.78 Å². The molecule has 1 heterocycles. The van der Waals surface area contributed by atoms with E-state index in [1.54, 1.807) is 12.5 Å². The van der Waals surface area contributed by atoms with Gasteiger partial charge in [-0.3, -0.25) is 4.79 Å². The maximum Gasteiger partial charge on any atom is 0.315 e. The fourth-order valence-corrected chi connectivity index (χ4v) is 2.28. The largest absolute Gasteiger partial charge is 0.481 e. The Morgan fingerprint density at radius 1 is 1.38 bits per heavy atom. The second-order valence-corrected chi connectivity index (χ2v) is 5.45. The lowest BCUT2D eigenvalue weighted by atomic mass is 10.1. The second-order valence-electron chi connectivity index (χ2n) is 5.45. The molecular weight excluding hydrogens is 272 g/mol. The fraction of sp³-hybridized carbons (Fsp3) is 0.643. The standard InChI is InChI=1S/C14H22N4O3/c19-13(20)9-12(11-3-4-11)17-14(21)16-5-1-2-7-18-8-6-15-10-18/h6,8,10-12H,1-5,7,9H2,(H,19,20)(H2,16,17,21). The molecule has 1 unspecified atom stereocenters. The van der Waals surface area contributed by atoms with Crippen LogP contribution >= 0.6 is 0 Å². The predicted octanol–water partition coefficient (Wildman–Crippen LogP) is 1.22. The topological polar surface area (TPSA) is 96.3 Å². The number of aromatic nitrogens is 2. The molecule has 0 spiro atoms. The molecule has 1 aliphatic rings. The average molecular weight is 294 g/mol. The summed E-state index contributed by atoms with van der Waals surface area (Å²) in [6, 6.07) is -0.510. The van der Waals surface area contributed by atoms with Gasteiger partial charge in [0, 0.05) is 31.5 Å². The van der Waals surface area contributed by atoms with Gasteiger partial charge in [-0.1, -0.05) is 0 Å². The van der Waals surface area contributed by atoms with Crippen LogP contribution in [-0.2, 0) is 11.3 Å². The number of unbranched alkanes of at least 4 members (excludes halogenated alkanes) is 1. The Kier molecular flexibility index (Phi) is 5.59. The number of aryl methyl sites for hydroxylation is 1. The SMILES string of the molecule is O=C(O)CC(NC(=O)NCCCCn1ccnc1)C1CC1. The minimum Gasteiger partial charge on any atom is -0.481 e. The molecule has 21 heavy (non-hydrogen) atoms. The first-order chi connectivity index (χ1) is 10.1. The van der Waals surface area contributed by atoms with Gasteiger partial charge in [-0.05, 0) is 31.6 Å². The monoisotopic (exact) mass is 294 g/mol. The molecular formula is C14H22N4O3. The van der Waals surface area contributed by atoms with Crippen molar-refractivity contribution in [3.63, 3.8) is 0 Å². The molecule has 1 aromatic heterocycles. The van der Waals surface area contributed by atoms with Gasteiger partial charge in [0.1, 0.15) is 0 Å². The van der Waals surface area contributed by atoms with E-state index < -0.39 is 5.97 Å². The number of carboxylic acids is 1. The van der Waals surface area contributed by atoms with Gasteiger partial charge >= 0.3 is 12.0 Å². The van der Waals surface area contributed by atoms with Crippen LogP contribution in [0.5, 0.6) is 0 Å². The van der Waals surface area contributed by atoms with Crippen LogP contribution in [0.25, 0.3) is 0 Å². The van der Waals surface area contributed by atoms with Crippen LogP contribution in [0.1, 0.15) is 32.1 Å². The number of hydrogen-bond acceptors (Lipinski definition) is 3. The molecule has 0 radical (unpaired) electrons. The third kappa shape index (κ3) is 5.85. The van der Waals surface area contributed by atoms with Crippen molar-refractivity contribution in [2.75, 3.05) is 6.54 Å². The number of nitrogens with one attached hydrogen (secondary N) is 2. The summed E-state index contributed by atoms with van der Waals surface area (Å²) in [4.78, 5) is 26.4. The van der Waals surface area contributed by atoms with E-state index in [9.17, 15) is 9.59 Å². The number of urea groups is 1. The summed E-state index contributed by atoms with van der Waals surface area (Å²) >= 11 is 0. The predicted molar refractivity (Wildman–Crippen MR) is 76.8 cm³/mol. The molecule has 2 amide bonds. The van der Waals surface area contributed by atoms with Gasteiger partial charge in [0.15, 0.2) is 0 Å². The van der Waals surface area contributed by atoms with Crippen LogP contribution in [0.15, 0.2) is 18.7 Å². The molecule has 7 nitrogen and oxygen atoms in total. The van der Waals surface area contributed by atoms with Crippen LogP contribution in [0, 0.1) is 5.92 Å². The Morgan fingerprint density at radius 3 is 2.81 bits per heavy atom. The second kappa shape index (κ2) is 7.66. The molecule has 1 fully saturated rings. The maximum atomic E-state index is 11.7. The van der Waals surface area contributed by atoms with Gasteiger partial charge in [0.25, 0.3) is 0 Å². The Morgan fingerprint density at radius 2 is 2.19 bits per heavy atom. The molecule has 0 aliphatic heterocycles. The highest BCUT2D eigenvalue weighted by Gasteiger charge is 2.33. The van der Waals surface area contributed by atoms with Crippen molar-refractivity contribution < 1.29 is 14.7 Å². The first-order valence-corrected chi connectivity index (χ1v) is 7.37. The quantitative estimate of drug-likeness (QED) is 0.597. The highest BCUT2D eigenvalue weighted by atomic mass is 16.4. The summed E-state index contributed by atoms with van der Waals surface area (Å²) in [6.45, 7) is 1.47. The van der Waals surface area contributed by atoms with Crippen molar-refractivity contribution >= 4 is 12.0 Å². The van der Waals surface area contributed by atoms with Crippen LogP contribution in [-0.4, -0.2) is 39.2 Å². The molecule has 1 atom stereocenters. The lowest BCUT2D eigenvalue weighted by Gasteiger charge is -2.16. The Hall–Kier alpha value is -2.05. The van der Waals surface area contributed by atoms with Crippen molar-refractivity contribution in [2.45, 2.75) is 44.7 Å². The smallest absolute Gasteiger partial charge is 0.315 e. The number of carbonyl (C=O) groups excluding carboxylic acids is 1. The lowest BCUT2D eigenvalue weighted by molar-refractivity contribution is -0.137. The molecule has 1 aliphatic carbocycles. The minimum absolute atomic E-state index is 0.00127. The van der Waals surface area contributed by atoms with E-state index in [-0.39, 0.29) is 18.5 Å². The number of amides is 2. The minimum atomic E-state index is -0.868. The first kappa shape index (κ1) is 15.3. The highest BCUT2D eigenvalue weighted by Crippen LogP contribution is 2.33. The molecule has 3 N–H and O–H groups in total. The summed E-state index contributed by atoms with van der Waals surface area (Å²) in [5.41, 5.74) is 0. The highest BCUT2D eigenvalue weighted by molar-refractivity contribution is 5.75. The van der Waals surface area contributed by atoms with E-state index in [2.05, 4.69) is 15.6 Å². The third-order valence-corrected chi connectivity index (χ3v) is 3.59. The summed E-state index contributed by atoms with van der Waals surface area (Å²) in [5, 5.41) is 14.4. The fourth-order valence-electron chi connectivity index (χ4n) is 2.28. The molecule has 0 saturated heterocycles. The van der Waals surface area contributed by atoms with Crippen molar-refractivity contribution in [1.82, 2.24) is 20.2 Å². The number of aliphatic carboxylic acids is 1. The number of imidazole rings is 1. The Labute approximate surface area is 123 Å². The van der Waals surface area contributed by atoms with Gasteiger partial charge in [0.2, 0.25) is 0 Å². The Balaban J connectivity index is 1.57. The summed E-state index contributed by atoms with van der Waals surface area (Å²) in [5.74, 6) is -0.541. The van der Waals surface area contributed by atoms with Crippen LogP contribution < -0.4 is 10.6 Å². The lowest BCUT2D eigenvalue weighted by Crippen LogP contribution is -2.44. The number of rotatable bonds is 9. The van der Waals surface area contributed by atoms with E-state index in [1.807, 2.05) is 10.8 Å². The van der Waals surface area contributed by atoms with E-state index in [0.717, 1.165) is 32.2 Å². The zero-order chi connectivity index (χ0) is 15.1. The van der Waals surface area contributed by atoms with E-state index in [0.29, 0.717) is 12.5 Å². The molecule has 116 valence electrons. The van der Waals surface area contributed by atoms with Crippen molar-refractivity contribution in [3.8, 4) is 0 Å². The molecule has 1 aromatic rings. The average Bonchev–Trinajstić information content (AvgIpc) is 3.15. The summed E-state index contributed by atoms with van der Waals surface area (Å²) in [7, 11) is 0. The maximum absolute atomic E-state index is 11.7. The molecule has 1 saturated carbocycles. The summed E-state index contributed by atoms with van der Waals surface area (Å²) < 4.78 is 2.00. The number of carboxylic acid groups (broad SMARTS) is 1. The van der Waals surface area contributed by atoms with Crippen molar-refractivity contribution in [1.29, 1.82) is 0 Å². The molecule has 0 bridgehead atoms. The number of nitrogens with zero attached hydrogens (tertiary/aromatic N) is 2. The van der Waals surface area contributed by atoms with Crippen LogP contribution in [0.2, 0.25) is 0 Å². The third-order valence-electron chi connectivity index (χ3n) is 3.59. The Bertz CT molecular complexity index is 457. The molecule has 7 heteroatoms. The van der Waals surface area contributed by atoms with Gasteiger partial charge in [-0.2, -0.15) is 0 Å². The van der Waals surface area contributed by atoms with Gasteiger partial charge in [-0.15, -0.1) is 0 Å². The first-order valence-electron chi connectivity index (χ1n) is 7.37. The number of hydrogen-bond donors (Lipinski definition) is 3. The summed E-state index contributed by atoms with van der Waals surface area (Å²) in [6.07, 6.45) is 9.26. The zero-order valence-electron chi connectivity index (χ0n) is 12.0.